The lowest BCUT2D eigenvalue weighted by Gasteiger charge is -2.41. The van der Waals surface area contributed by atoms with Crippen LogP contribution in [0.3, 0.4) is 0 Å². The van der Waals surface area contributed by atoms with Gasteiger partial charge >= 0.3 is 0 Å². The van der Waals surface area contributed by atoms with Crippen LogP contribution in [0, 0.1) is 11.2 Å². The largest absolute Gasteiger partial charge is 0.355 e. The van der Waals surface area contributed by atoms with Crippen LogP contribution in [-0.2, 0) is 4.79 Å². The molecule has 27 heavy (non-hydrogen) atoms. The molecule has 7 heteroatoms. The van der Waals surface area contributed by atoms with E-state index in [1.165, 1.54) is 6.07 Å². The molecule has 1 amide bonds. The number of benzene rings is 1. The molecule has 6 nitrogen and oxygen atoms in total. The fourth-order valence-corrected chi connectivity index (χ4v) is 4.26. The molecule has 148 valence electrons. The van der Waals surface area contributed by atoms with Gasteiger partial charge in [0.2, 0.25) is 5.91 Å². The van der Waals surface area contributed by atoms with Crippen molar-refractivity contribution >= 4 is 11.9 Å². The summed E-state index contributed by atoms with van der Waals surface area (Å²) in [6, 6.07) is 6.78. The standard InChI is InChI=1S/C20H30FN5O/c1-22-19(26-9-5-8-20(14-26)11-18(27)24-13-20)23-12-17(25(2)3)15-6-4-7-16(21)10-15/h4,6-7,10,17H,5,8-9,11-14H2,1-3H3,(H,22,23)(H,24,27). The van der Waals surface area contributed by atoms with Crippen molar-refractivity contribution in [3.05, 3.63) is 35.6 Å². The van der Waals surface area contributed by atoms with Crippen molar-refractivity contribution in [2.45, 2.75) is 25.3 Å². The zero-order chi connectivity index (χ0) is 19.4. The Labute approximate surface area is 160 Å². The molecule has 1 aromatic carbocycles. The van der Waals surface area contributed by atoms with Crippen LogP contribution in [0.4, 0.5) is 4.39 Å². The van der Waals surface area contributed by atoms with Gasteiger partial charge in [-0.3, -0.25) is 9.79 Å². The third-order valence-electron chi connectivity index (χ3n) is 5.68. The fourth-order valence-electron chi connectivity index (χ4n) is 4.26. The van der Waals surface area contributed by atoms with Crippen LogP contribution in [0.5, 0.6) is 0 Å². The summed E-state index contributed by atoms with van der Waals surface area (Å²) < 4.78 is 13.6. The Balaban J connectivity index is 1.66. The maximum Gasteiger partial charge on any atom is 0.220 e. The third kappa shape index (κ3) is 4.58. The van der Waals surface area contributed by atoms with Crippen LogP contribution in [0.25, 0.3) is 0 Å². The van der Waals surface area contributed by atoms with Crippen LogP contribution in [0.1, 0.15) is 30.9 Å². The zero-order valence-electron chi connectivity index (χ0n) is 16.5. The van der Waals surface area contributed by atoms with Gasteiger partial charge in [-0.15, -0.1) is 0 Å². The number of rotatable bonds is 4. The lowest BCUT2D eigenvalue weighted by molar-refractivity contribution is -0.119. The van der Waals surface area contributed by atoms with E-state index in [9.17, 15) is 9.18 Å². The second kappa shape index (κ2) is 8.25. The molecule has 0 bridgehead atoms. The highest BCUT2D eigenvalue weighted by molar-refractivity contribution is 5.81. The number of nitrogens with zero attached hydrogens (tertiary/aromatic N) is 3. The normalized spacial score (nSPS) is 24.4. The summed E-state index contributed by atoms with van der Waals surface area (Å²) in [5, 5.41) is 6.44. The first-order chi connectivity index (χ1) is 12.9. The van der Waals surface area contributed by atoms with Crippen LogP contribution in [0.15, 0.2) is 29.3 Å². The number of amides is 1. The van der Waals surface area contributed by atoms with Gasteiger partial charge in [0.15, 0.2) is 5.96 Å². The average Bonchev–Trinajstić information content (AvgIpc) is 2.98. The predicted molar refractivity (Wildman–Crippen MR) is 105 cm³/mol. The van der Waals surface area contributed by atoms with E-state index < -0.39 is 0 Å². The minimum absolute atomic E-state index is 0.0243. The van der Waals surface area contributed by atoms with Crippen molar-refractivity contribution in [3.63, 3.8) is 0 Å². The molecule has 0 aromatic heterocycles. The minimum atomic E-state index is -0.222. The first-order valence-electron chi connectivity index (χ1n) is 9.57. The van der Waals surface area contributed by atoms with Crippen LogP contribution in [0.2, 0.25) is 0 Å². The minimum Gasteiger partial charge on any atom is -0.355 e. The summed E-state index contributed by atoms with van der Waals surface area (Å²) in [7, 11) is 5.77. The Morgan fingerprint density at radius 1 is 1.48 bits per heavy atom. The lowest BCUT2D eigenvalue weighted by Crippen LogP contribution is -2.52. The molecule has 0 aliphatic carbocycles. The van der Waals surface area contributed by atoms with E-state index in [4.69, 9.17) is 0 Å². The van der Waals surface area contributed by atoms with Gasteiger partial charge in [-0.25, -0.2) is 4.39 Å². The van der Waals surface area contributed by atoms with Gasteiger partial charge in [0, 0.05) is 45.1 Å². The monoisotopic (exact) mass is 375 g/mol. The van der Waals surface area contributed by atoms with Gasteiger partial charge in [0.1, 0.15) is 5.82 Å². The number of nitrogens with one attached hydrogen (secondary N) is 2. The number of likely N-dealkylation sites (N-methyl/N-ethyl adjacent to an activating group) is 1. The molecule has 1 spiro atoms. The van der Waals surface area contributed by atoms with Gasteiger partial charge < -0.3 is 20.4 Å². The van der Waals surface area contributed by atoms with Crippen LogP contribution in [-0.4, -0.2) is 69.0 Å². The summed E-state index contributed by atoms with van der Waals surface area (Å²) >= 11 is 0. The molecule has 2 saturated heterocycles. The lowest BCUT2D eigenvalue weighted by atomic mass is 9.79. The summed E-state index contributed by atoms with van der Waals surface area (Å²) in [6.07, 6.45) is 2.73. The van der Waals surface area contributed by atoms with E-state index in [0.717, 1.165) is 44.0 Å². The van der Waals surface area contributed by atoms with E-state index in [2.05, 4.69) is 25.4 Å². The number of halogens is 1. The summed E-state index contributed by atoms with van der Waals surface area (Å²) in [5.74, 6) is 0.773. The summed E-state index contributed by atoms with van der Waals surface area (Å²) in [5.41, 5.74) is 0.958. The van der Waals surface area contributed by atoms with Gasteiger partial charge in [0.25, 0.3) is 0 Å². The molecule has 0 saturated carbocycles. The van der Waals surface area contributed by atoms with E-state index >= 15 is 0 Å². The number of hydrogen-bond donors (Lipinski definition) is 2. The summed E-state index contributed by atoms with van der Waals surface area (Å²) in [4.78, 5) is 20.5. The highest BCUT2D eigenvalue weighted by Gasteiger charge is 2.42. The van der Waals surface area contributed by atoms with Crippen molar-refractivity contribution in [1.29, 1.82) is 0 Å². The number of aliphatic imine (C=N–C) groups is 1. The van der Waals surface area contributed by atoms with E-state index in [0.29, 0.717) is 13.0 Å². The fraction of sp³-hybridized carbons (Fsp3) is 0.600. The molecular weight excluding hydrogens is 345 g/mol. The van der Waals surface area contributed by atoms with Crippen molar-refractivity contribution in [2.75, 3.05) is 47.3 Å². The Morgan fingerprint density at radius 2 is 2.30 bits per heavy atom. The van der Waals surface area contributed by atoms with E-state index in [-0.39, 0.29) is 23.2 Å². The number of piperidine rings is 1. The smallest absolute Gasteiger partial charge is 0.220 e. The van der Waals surface area contributed by atoms with Gasteiger partial charge in [-0.05, 0) is 44.6 Å². The van der Waals surface area contributed by atoms with Crippen molar-refractivity contribution < 1.29 is 9.18 Å². The number of likely N-dealkylation sites (tertiary alicyclic amines) is 1. The van der Waals surface area contributed by atoms with Crippen LogP contribution >= 0.6 is 0 Å². The molecule has 2 fully saturated rings. The molecule has 2 heterocycles. The Hall–Kier alpha value is -2.15. The number of carbonyl (C=O) groups excluding carboxylic acids is 1. The van der Waals surface area contributed by atoms with Gasteiger partial charge in [-0.1, -0.05) is 12.1 Å². The Morgan fingerprint density at radius 3 is 2.93 bits per heavy atom. The molecule has 2 N–H and O–H groups in total. The topological polar surface area (TPSA) is 60.0 Å². The molecule has 3 rings (SSSR count). The van der Waals surface area contributed by atoms with Gasteiger partial charge in [0.05, 0.1) is 6.04 Å². The second-order valence-electron chi connectivity index (χ2n) is 7.94. The second-order valence-corrected chi connectivity index (χ2v) is 7.94. The molecule has 0 radical (unpaired) electrons. The number of hydrogen-bond acceptors (Lipinski definition) is 3. The highest BCUT2D eigenvalue weighted by Crippen LogP contribution is 2.36. The average molecular weight is 375 g/mol. The van der Waals surface area contributed by atoms with Crippen molar-refractivity contribution in [3.8, 4) is 0 Å². The first-order valence-corrected chi connectivity index (χ1v) is 9.57. The highest BCUT2D eigenvalue weighted by atomic mass is 19.1. The summed E-state index contributed by atoms with van der Waals surface area (Å²) in [6.45, 7) is 3.15. The quantitative estimate of drug-likeness (QED) is 0.620. The Bertz CT molecular complexity index is 707. The SMILES string of the molecule is CN=C(NCC(c1cccc(F)c1)N(C)C)N1CCCC2(CNC(=O)C2)C1. The van der Waals surface area contributed by atoms with Crippen LogP contribution < -0.4 is 10.6 Å². The maximum absolute atomic E-state index is 13.6. The molecule has 2 atom stereocenters. The maximum atomic E-state index is 13.6. The molecule has 2 unspecified atom stereocenters. The predicted octanol–water partition coefficient (Wildman–Crippen LogP) is 1.61. The third-order valence-corrected chi connectivity index (χ3v) is 5.68. The van der Waals surface area contributed by atoms with Crippen molar-refractivity contribution in [1.82, 2.24) is 20.4 Å². The molecule has 2 aliphatic heterocycles. The molecule has 2 aliphatic rings. The van der Waals surface area contributed by atoms with E-state index in [1.54, 1.807) is 19.2 Å². The molecular formula is C20H30FN5O. The zero-order valence-corrected chi connectivity index (χ0v) is 16.5. The van der Waals surface area contributed by atoms with Gasteiger partial charge in [-0.2, -0.15) is 0 Å². The first kappa shape index (κ1) is 19.6. The number of carbonyl (C=O) groups is 1. The number of guanidine groups is 1. The van der Waals surface area contributed by atoms with E-state index in [1.807, 2.05) is 20.2 Å². The Kier molecular flexibility index (Phi) is 5.99. The molecule has 1 aromatic rings. The van der Waals surface area contributed by atoms with Crippen molar-refractivity contribution in [2.24, 2.45) is 10.4 Å².